The van der Waals surface area contributed by atoms with Gasteiger partial charge in [0.2, 0.25) is 5.91 Å². The fourth-order valence-corrected chi connectivity index (χ4v) is 2.29. The summed E-state index contributed by atoms with van der Waals surface area (Å²) in [6, 6.07) is -0.597. The molecule has 0 bridgehead atoms. The maximum absolute atomic E-state index is 12.1. The van der Waals surface area contributed by atoms with Gasteiger partial charge in [-0.1, -0.05) is 20.3 Å². The molecule has 4 heteroatoms. The molecule has 0 radical (unpaired) electrons. The quantitative estimate of drug-likeness (QED) is 0.797. The minimum absolute atomic E-state index is 0.00829. The molecule has 1 heterocycles. The molecule has 0 aromatic rings. The van der Waals surface area contributed by atoms with Crippen molar-refractivity contribution in [2.45, 2.75) is 52.0 Å². The van der Waals surface area contributed by atoms with Gasteiger partial charge in [0.25, 0.3) is 0 Å². The summed E-state index contributed by atoms with van der Waals surface area (Å²) in [5.74, 6) is -0.907. The summed E-state index contributed by atoms with van der Waals surface area (Å²) in [6.07, 6.45) is 4.22. The fraction of sp³-hybridized carbons (Fsp3) is 0.833. The van der Waals surface area contributed by atoms with Crippen molar-refractivity contribution in [2.24, 2.45) is 5.92 Å². The van der Waals surface area contributed by atoms with Crippen LogP contribution < -0.4 is 0 Å². The Balaban J connectivity index is 2.67. The molecular formula is C12H21NO3. The number of carboxylic acid groups (broad SMARTS) is 1. The van der Waals surface area contributed by atoms with Gasteiger partial charge >= 0.3 is 5.97 Å². The SMILES string of the molecule is CCCC(C)C(=O)N1CCCC[C@@H]1C(=O)O. The molecule has 1 saturated heterocycles. The molecule has 1 rings (SSSR count). The van der Waals surface area contributed by atoms with Crippen LogP contribution in [0.15, 0.2) is 0 Å². The van der Waals surface area contributed by atoms with Gasteiger partial charge < -0.3 is 10.0 Å². The first kappa shape index (κ1) is 13.0. The summed E-state index contributed by atoms with van der Waals surface area (Å²) in [4.78, 5) is 24.7. The highest BCUT2D eigenvalue weighted by Gasteiger charge is 2.33. The summed E-state index contributed by atoms with van der Waals surface area (Å²) in [6.45, 7) is 4.53. The van der Waals surface area contributed by atoms with Gasteiger partial charge in [0.1, 0.15) is 6.04 Å². The molecule has 1 fully saturated rings. The molecule has 0 spiro atoms. The summed E-state index contributed by atoms with van der Waals surface area (Å²) >= 11 is 0. The van der Waals surface area contributed by atoms with Gasteiger partial charge in [-0.05, 0) is 25.7 Å². The van der Waals surface area contributed by atoms with E-state index in [-0.39, 0.29) is 11.8 Å². The van der Waals surface area contributed by atoms with Crippen LogP contribution >= 0.6 is 0 Å². The molecule has 92 valence electrons. The molecule has 0 aromatic carbocycles. The highest BCUT2D eigenvalue weighted by molar-refractivity contribution is 5.85. The zero-order valence-electron chi connectivity index (χ0n) is 10.1. The Morgan fingerprint density at radius 1 is 1.44 bits per heavy atom. The summed E-state index contributed by atoms with van der Waals surface area (Å²) in [7, 11) is 0. The van der Waals surface area contributed by atoms with Crippen LogP contribution in [0.3, 0.4) is 0 Å². The van der Waals surface area contributed by atoms with E-state index in [0.717, 1.165) is 25.7 Å². The number of amides is 1. The minimum atomic E-state index is -0.864. The highest BCUT2D eigenvalue weighted by atomic mass is 16.4. The maximum atomic E-state index is 12.1. The average molecular weight is 227 g/mol. The van der Waals surface area contributed by atoms with Gasteiger partial charge in [-0.3, -0.25) is 4.79 Å². The van der Waals surface area contributed by atoms with E-state index in [0.29, 0.717) is 13.0 Å². The van der Waals surface area contributed by atoms with E-state index >= 15 is 0 Å². The highest BCUT2D eigenvalue weighted by Crippen LogP contribution is 2.21. The molecule has 1 N–H and O–H groups in total. The Bertz CT molecular complexity index is 265. The summed E-state index contributed by atoms with van der Waals surface area (Å²) in [5, 5.41) is 9.08. The number of carbonyl (C=O) groups is 2. The molecule has 0 aromatic heterocycles. The Kier molecular flexibility index (Phi) is 4.77. The monoisotopic (exact) mass is 227 g/mol. The zero-order valence-corrected chi connectivity index (χ0v) is 10.1. The second-order valence-electron chi connectivity index (χ2n) is 4.57. The first-order valence-corrected chi connectivity index (χ1v) is 6.11. The Morgan fingerprint density at radius 2 is 2.12 bits per heavy atom. The Morgan fingerprint density at radius 3 is 2.69 bits per heavy atom. The van der Waals surface area contributed by atoms with Gasteiger partial charge in [0, 0.05) is 12.5 Å². The standard InChI is InChI=1S/C12H21NO3/c1-3-6-9(2)11(14)13-8-5-4-7-10(13)12(15)16/h9-10H,3-8H2,1-2H3,(H,15,16)/t9?,10-/m1/s1. The van der Waals surface area contributed by atoms with Gasteiger partial charge in [-0.25, -0.2) is 4.79 Å². The lowest BCUT2D eigenvalue weighted by Gasteiger charge is -2.34. The van der Waals surface area contributed by atoms with Crippen molar-refractivity contribution < 1.29 is 14.7 Å². The minimum Gasteiger partial charge on any atom is -0.480 e. The van der Waals surface area contributed by atoms with Crippen LogP contribution in [0.5, 0.6) is 0 Å². The van der Waals surface area contributed by atoms with Crippen molar-refractivity contribution in [1.82, 2.24) is 4.90 Å². The van der Waals surface area contributed by atoms with Crippen molar-refractivity contribution in [2.75, 3.05) is 6.54 Å². The number of carboxylic acids is 1. The second kappa shape index (κ2) is 5.87. The van der Waals surface area contributed by atoms with Crippen LogP contribution in [-0.4, -0.2) is 34.5 Å². The van der Waals surface area contributed by atoms with Crippen molar-refractivity contribution in [1.29, 1.82) is 0 Å². The first-order valence-electron chi connectivity index (χ1n) is 6.11. The van der Waals surface area contributed by atoms with E-state index in [4.69, 9.17) is 5.11 Å². The molecule has 2 atom stereocenters. The maximum Gasteiger partial charge on any atom is 0.326 e. The third-order valence-electron chi connectivity index (χ3n) is 3.21. The molecule has 16 heavy (non-hydrogen) atoms. The van der Waals surface area contributed by atoms with Crippen LogP contribution in [0.4, 0.5) is 0 Å². The van der Waals surface area contributed by atoms with Crippen molar-refractivity contribution >= 4 is 11.9 Å². The van der Waals surface area contributed by atoms with E-state index in [9.17, 15) is 9.59 Å². The fourth-order valence-electron chi connectivity index (χ4n) is 2.29. The van der Waals surface area contributed by atoms with Gasteiger partial charge in [-0.2, -0.15) is 0 Å². The van der Waals surface area contributed by atoms with Crippen LogP contribution in [0.1, 0.15) is 46.0 Å². The number of nitrogens with zero attached hydrogens (tertiary/aromatic N) is 1. The van der Waals surface area contributed by atoms with Crippen LogP contribution in [0.25, 0.3) is 0 Å². The molecule has 0 aliphatic carbocycles. The van der Waals surface area contributed by atoms with Gasteiger partial charge in [0.15, 0.2) is 0 Å². The number of piperidine rings is 1. The topological polar surface area (TPSA) is 57.6 Å². The number of rotatable bonds is 4. The lowest BCUT2D eigenvalue weighted by Crippen LogP contribution is -2.49. The van der Waals surface area contributed by atoms with E-state index in [1.807, 2.05) is 13.8 Å². The molecule has 4 nitrogen and oxygen atoms in total. The lowest BCUT2D eigenvalue weighted by atomic mass is 9.98. The third-order valence-corrected chi connectivity index (χ3v) is 3.21. The Labute approximate surface area is 96.6 Å². The largest absolute Gasteiger partial charge is 0.480 e. The van der Waals surface area contributed by atoms with Crippen LogP contribution in [0.2, 0.25) is 0 Å². The van der Waals surface area contributed by atoms with E-state index < -0.39 is 12.0 Å². The molecule has 1 unspecified atom stereocenters. The molecule has 0 saturated carbocycles. The van der Waals surface area contributed by atoms with Crippen LogP contribution in [0, 0.1) is 5.92 Å². The lowest BCUT2D eigenvalue weighted by molar-refractivity contribution is -0.153. The van der Waals surface area contributed by atoms with E-state index in [2.05, 4.69) is 0 Å². The van der Waals surface area contributed by atoms with Gasteiger partial charge in [0.05, 0.1) is 0 Å². The second-order valence-corrected chi connectivity index (χ2v) is 4.57. The van der Waals surface area contributed by atoms with E-state index in [1.165, 1.54) is 0 Å². The number of carbonyl (C=O) groups excluding carboxylic acids is 1. The predicted molar refractivity (Wildman–Crippen MR) is 61.1 cm³/mol. The van der Waals surface area contributed by atoms with Crippen LogP contribution in [-0.2, 0) is 9.59 Å². The van der Waals surface area contributed by atoms with Crippen molar-refractivity contribution in [3.63, 3.8) is 0 Å². The zero-order chi connectivity index (χ0) is 12.1. The molecule has 1 amide bonds. The normalized spacial score (nSPS) is 22.9. The van der Waals surface area contributed by atoms with Gasteiger partial charge in [-0.15, -0.1) is 0 Å². The summed E-state index contributed by atoms with van der Waals surface area (Å²) in [5.41, 5.74) is 0. The third kappa shape index (κ3) is 2.97. The molecule has 1 aliphatic heterocycles. The number of hydrogen-bond donors (Lipinski definition) is 1. The number of hydrogen-bond acceptors (Lipinski definition) is 2. The first-order chi connectivity index (χ1) is 7.57. The van der Waals surface area contributed by atoms with E-state index in [1.54, 1.807) is 4.90 Å². The molecular weight excluding hydrogens is 206 g/mol. The summed E-state index contributed by atoms with van der Waals surface area (Å²) < 4.78 is 0. The average Bonchev–Trinajstić information content (AvgIpc) is 2.28. The Hall–Kier alpha value is -1.06. The van der Waals surface area contributed by atoms with Crippen molar-refractivity contribution in [3.8, 4) is 0 Å². The molecule has 1 aliphatic rings. The number of likely N-dealkylation sites (tertiary alicyclic amines) is 1. The van der Waals surface area contributed by atoms with Crippen molar-refractivity contribution in [3.05, 3.63) is 0 Å². The smallest absolute Gasteiger partial charge is 0.326 e. The predicted octanol–water partition coefficient (Wildman–Crippen LogP) is 1.89. The number of aliphatic carboxylic acids is 1.